The molecule has 0 aliphatic rings. The topological polar surface area (TPSA) is 0 Å². The van der Waals surface area contributed by atoms with Crippen molar-refractivity contribution in [3.8, 4) is 0 Å². The quantitative estimate of drug-likeness (QED) is 0.450. The van der Waals surface area contributed by atoms with Crippen LogP contribution in [0, 0.1) is 0 Å². The minimum atomic E-state index is 0.120. The summed E-state index contributed by atoms with van der Waals surface area (Å²) < 4.78 is 1.17. The Hall–Kier alpha value is 1.19. The first-order chi connectivity index (χ1) is 7.11. The molecule has 96 valence electrons. The molecule has 0 spiro atoms. The Morgan fingerprint density at radius 1 is 0.750 bits per heavy atom. The van der Waals surface area contributed by atoms with Gasteiger partial charge < -0.3 is 0 Å². The average molecular weight is 379 g/mol. The second-order valence-corrected chi connectivity index (χ2v) is 15.2. The van der Waals surface area contributed by atoms with Crippen molar-refractivity contribution in [2.75, 3.05) is 0 Å². The maximum absolute atomic E-state index is 3.50. The van der Waals surface area contributed by atoms with Gasteiger partial charge in [-0.05, 0) is 0 Å². The molecule has 0 amide bonds. The second kappa shape index (κ2) is 25.1. The van der Waals surface area contributed by atoms with Crippen molar-refractivity contribution in [1.29, 1.82) is 0 Å². The van der Waals surface area contributed by atoms with Crippen LogP contribution in [-0.2, 0) is 0 Å². The van der Waals surface area contributed by atoms with E-state index in [2.05, 4.69) is 65.5 Å². The summed E-state index contributed by atoms with van der Waals surface area (Å²) in [4.78, 5) is 0. The van der Waals surface area contributed by atoms with E-state index in [9.17, 15) is 0 Å². The minimum Gasteiger partial charge on any atom is -0.0715 e. The molecule has 0 aliphatic heterocycles. The largest absolute Gasteiger partial charge is 0.0715 e. The van der Waals surface area contributed by atoms with Crippen molar-refractivity contribution in [3.63, 3.8) is 0 Å². The summed E-state index contributed by atoms with van der Waals surface area (Å²) in [6.45, 7) is 23.9. The van der Waals surface area contributed by atoms with E-state index in [1.165, 1.54) is 4.44 Å². The van der Waals surface area contributed by atoms with Gasteiger partial charge in [0.1, 0.15) is 0 Å². The van der Waals surface area contributed by atoms with Gasteiger partial charge in [-0.15, -0.1) is 0 Å². The number of allylic oxidation sites excluding steroid dienone is 1. The first kappa shape index (κ1) is 25.9. The van der Waals surface area contributed by atoms with Crippen LogP contribution in [-0.4, -0.2) is 48.9 Å². The van der Waals surface area contributed by atoms with Gasteiger partial charge in [-0.25, -0.2) is 0 Å². The monoisotopic (exact) mass is 380 g/mol. The zero-order chi connectivity index (χ0) is 14.1. The van der Waals surface area contributed by atoms with Crippen LogP contribution in [0.25, 0.3) is 0 Å². The third-order valence-electron chi connectivity index (χ3n) is 0.144. The van der Waals surface area contributed by atoms with Crippen LogP contribution in [0.4, 0.5) is 0 Å². The normalized spacial score (nSPS) is 8.31. The van der Waals surface area contributed by atoms with Gasteiger partial charge in [0.25, 0.3) is 0 Å². The zero-order valence-corrected chi connectivity index (χ0v) is 18.8. The van der Waals surface area contributed by atoms with Gasteiger partial charge in [0, 0.05) is 26.4 Å². The average Bonchev–Trinajstić information content (AvgIpc) is 2.00. The van der Waals surface area contributed by atoms with Crippen LogP contribution in [0.2, 0.25) is 63.4 Å². The molecule has 0 bridgehead atoms. The van der Waals surface area contributed by atoms with Gasteiger partial charge in [-0.3, -0.25) is 0 Å². The van der Waals surface area contributed by atoms with E-state index >= 15 is 0 Å². The Morgan fingerprint density at radius 2 is 0.812 bits per heavy atom. The predicted octanol–water partition coefficient (Wildman–Crippen LogP) is 4.87. The van der Waals surface area contributed by atoms with E-state index in [0.717, 1.165) is 0 Å². The molecule has 6 radical (unpaired) electrons. The molecule has 0 unspecified atom stereocenters. The molecule has 0 nitrogen and oxygen atoms in total. The molecule has 0 aromatic rings. The fraction of sp³-hybridized carbons (Fsp3) is 0.833. The summed E-state index contributed by atoms with van der Waals surface area (Å²) >= 11 is 1.55. The molecule has 0 aromatic carbocycles. The second-order valence-electron chi connectivity index (χ2n) is 4.99. The van der Waals surface area contributed by atoms with Crippen molar-refractivity contribution in [2.24, 2.45) is 0 Å². The van der Waals surface area contributed by atoms with E-state index in [0.29, 0.717) is 0 Å². The van der Waals surface area contributed by atoms with Crippen molar-refractivity contribution in [2.45, 2.75) is 63.4 Å². The SMILES string of the molecule is C=C[CH2][Sn].C[Si](C)C.C[Si](C)C.C[Si](C)C. The van der Waals surface area contributed by atoms with Crippen molar-refractivity contribution in [1.82, 2.24) is 0 Å². The number of rotatable bonds is 1. The van der Waals surface area contributed by atoms with E-state index in [1.54, 1.807) is 22.5 Å². The molecule has 0 aliphatic carbocycles. The predicted molar refractivity (Wildman–Crippen MR) is 90.8 cm³/mol. The molecule has 0 N–H and O–H groups in total. The van der Waals surface area contributed by atoms with E-state index < -0.39 is 0 Å². The molecular formula is C12H32Si3Sn. The van der Waals surface area contributed by atoms with Gasteiger partial charge in [0.05, 0.1) is 0 Å². The maximum Gasteiger partial charge on any atom is 0.0379 e. The van der Waals surface area contributed by atoms with Crippen LogP contribution >= 0.6 is 0 Å². The van der Waals surface area contributed by atoms with Crippen LogP contribution in [0.15, 0.2) is 12.7 Å². The Morgan fingerprint density at radius 3 is 0.812 bits per heavy atom. The van der Waals surface area contributed by atoms with Crippen LogP contribution < -0.4 is 0 Å². The fourth-order valence-corrected chi connectivity index (χ4v) is 0. The molecule has 0 aromatic heterocycles. The van der Waals surface area contributed by atoms with Gasteiger partial charge in [0.15, 0.2) is 0 Å². The summed E-state index contributed by atoms with van der Waals surface area (Å²) in [6, 6.07) is 0. The molecule has 0 saturated carbocycles. The number of hydrogen-bond donors (Lipinski definition) is 0. The molecular weight excluding hydrogens is 347 g/mol. The van der Waals surface area contributed by atoms with Crippen LogP contribution in [0.1, 0.15) is 0 Å². The summed E-state index contributed by atoms with van der Waals surface area (Å²) in [5, 5.41) is 0. The van der Waals surface area contributed by atoms with Gasteiger partial charge in [0.2, 0.25) is 0 Å². The van der Waals surface area contributed by atoms with Gasteiger partial charge in [-0.1, -0.05) is 58.9 Å². The standard InChI is InChI=1S/3C3H9Si.C3H5.Sn/c3*1-4(2)3;1-3-2;/h3*1-3H3;3H,1-2H2;. The minimum absolute atomic E-state index is 0.120. The van der Waals surface area contributed by atoms with Crippen molar-refractivity contribution >= 4 is 48.9 Å². The van der Waals surface area contributed by atoms with Crippen LogP contribution in [0.5, 0.6) is 0 Å². The van der Waals surface area contributed by atoms with Crippen LogP contribution in [0.3, 0.4) is 0 Å². The summed E-state index contributed by atoms with van der Waals surface area (Å²) in [5.74, 6) is 0. The Kier molecular flexibility index (Phi) is 40.7. The fourth-order valence-electron chi connectivity index (χ4n) is 0. The first-order valence-corrected chi connectivity index (χ1v) is 16.7. The molecule has 16 heavy (non-hydrogen) atoms. The summed E-state index contributed by atoms with van der Waals surface area (Å²) in [6.07, 6.45) is 1.92. The smallest absolute Gasteiger partial charge is 0.0379 e. The van der Waals surface area contributed by atoms with E-state index in [-0.39, 0.29) is 26.4 Å². The third-order valence-corrected chi connectivity index (χ3v) is 0.968. The molecule has 0 rings (SSSR count). The Labute approximate surface area is 124 Å². The van der Waals surface area contributed by atoms with Gasteiger partial charge >= 0.3 is 39.6 Å². The summed E-state index contributed by atoms with van der Waals surface area (Å²) in [5.41, 5.74) is 0. The van der Waals surface area contributed by atoms with Gasteiger partial charge in [-0.2, -0.15) is 0 Å². The molecule has 0 saturated heterocycles. The van der Waals surface area contributed by atoms with E-state index in [1.807, 2.05) is 6.08 Å². The summed E-state index contributed by atoms with van der Waals surface area (Å²) in [7, 11) is 0.361. The first-order valence-electron chi connectivity index (χ1n) is 5.67. The molecule has 0 heterocycles. The molecule has 4 heteroatoms. The Balaban J connectivity index is -0.0000000600. The third kappa shape index (κ3) is 638. The zero-order valence-electron chi connectivity index (χ0n) is 13.0. The van der Waals surface area contributed by atoms with Crippen molar-refractivity contribution in [3.05, 3.63) is 12.7 Å². The molecule has 0 atom stereocenters. The number of hydrogen-bond acceptors (Lipinski definition) is 0. The maximum atomic E-state index is 3.50. The van der Waals surface area contributed by atoms with Crippen molar-refractivity contribution < 1.29 is 0 Å². The van der Waals surface area contributed by atoms with E-state index in [4.69, 9.17) is 0 Å². The Bertz CT molecular complexity index is 81.9. The molecule has 0 fully saturated rings.